The summed E-state index contributed by atoms with van der Waals surface area (Å²) >= 11 is 0. The highest BCUT2D eigenvalue weighted by Gasteiger charge is 2.21. The molecule has 0 bridgehead atoms. The summed E-state index contributed by atoms with van der Waals surface area (Å²) in [4.78, 5) is 13.5. The van der Waals surface area contributed by atoms with Crippen LogP contribution < -0.4 is 19.6 Å². The molecule has 0 atom stereocenters. The number of fused-ring (bicyclic) bond motifs is 2. The monoisotopic (exact) mass is 428 g/mol. The Morgan fingerprint density at radius 2 is 1.62 bits per heavy atom. The molecule has 0 aliphatic carbocycles. The van der Waals surface area contributed by atoms with E-state index < -0.39 is 0 Å². The molecule has 0 unspecified atom stereocenters. The van der Waals surface area contributed by atoms with Gasteiger partial charge in [0.2, 0.25) is 5.43 Å². The van der Waals surface area contributed by atoms with Crippen molar-refractivity contribution in [2.45, 2.75) is 27.4 Å². The number of hydrogen-bond acceptors (Lipinski definition) is 5. The predicted octanol–water partition coefficient (Wildman–Crippen LogP) is 5.74. The lowest BCUT2D eigenvalue weighted by molar-refractivity contribution is 0.171. The summed E-state index contributed by atoms with van der Waals surface area (Å²) in [6.07, 6.45) is 0. The lowest BCUT2D eigenvalue weighted by Gasteiger charge is -2.21. The minimum atomic E-state index is -0.0683. The summed E-state index contributed by atoms with van der Waals surface area (Å²) in [5.41, 5.74) is 4.65. The average molecular weight is 428 g/mol. The van der Waals surface area contributed by atoms with E-state index in [1.165, 1.54) is 0 Å². The molecule has 0 radical (unpaired) electrons. The SMILES string of the molecule is Cc1cc2c(cc1-c1c(C)oc3c(C)c(OCc4ccccc4)ccc3c1=O)OCCO2. The zero-order chi connectivity index (χ0) is 22.2. The topological polar surface area (TPSA) is 57.9 Å². The maximum atomic E-state index is 13.5. The van der Waals surface area contributed by atoms with Crippen LogP contribution in [0.15, 0.2) is 63.8 Å². The molecule has 0 N–H and O–H groups in total. The van der Waals surface area contributed by atoms with Gasteiger partial charge in [-0.15, -0.1) is 0 Å². The van der Waals surface area contributed by atoms with Crippen LogP contribution in [-0.4, -0.2) is 13.2 Å². The average Bonchev–Trinajstić information content (AvgIpc) is 2.80. The smallest absolute Gasteiger partial charge is 0.200 e. The Bertz CT molecular complexity index is 1370. The van der Waals surface area contributed by atoms with Gasteiger partial charge in [-0.1, -0.05) is 30.3 Å². The van der Waals surface area contributed by atoms with Gasteiger partial charge in [-0.3, -0.25) is 4.79 Å². The van der Waals surface area contributed by atoms with Gasteiger partial charge in [-0.2, -0.15) is 0 Å². The second-order valence-electron chi connectivity index (χ2n) is 8.01. The van der Waals surface area contributed by atoms with Crippen molar-refractivity contribution in [1.82, 2.24) is 0 Å². The molecule has 5 heteroatoms. The quantitative estimate of drug-likeness (QED) is 0.415. The summed E-state index contributed by atoms with van der Waals surface area (Å²) in [7, 11) is 0. The number of aryl methyl sites for hydroxylation is 3. The summed E-state index contributed by atoms with van der Waals surface area (Å²) < 4.78 is 23.6. The molecule has 32 heavy (non-hydrogen) atoms. The third-order valence-corrected chi connectivity index (χ3v) is 5.83. The standard InChI is InChI=1S/C27H24O5/c1-16-13-23-24(30-12-11-29-23)14-21(16)25-18(3)32-27-17(2)22(10-9-20(27)26(25)28)31-15-19-7-5-4-6-8-19/h4-10,13-14H,11-12,15H2,1-3H3. The molecule has 0 fully saturated rings. The van der Waals surface area contributed by atoms with Crippen LogP contribution in [0.1, 0.15) is 22.5 Å². The molecule has 2 heterocycles. The van der Waals surface area contributed by atoms with Crippen LogP contribution in [0.3, 0.4) is 0 Å². The number of ether oxygens (including phenoxy) is 3. The highest BCUT2D eigenvalue weighted by molar-refractivity contribution is 5.87. The first-order valence-electron chi connectivity index (χ1n) is 10.7. The zero-order valence-corrected chi connectivity index (χ0v) is 18.4. The van der Waals surface area contributed by atoms with Crippen LogP contribution in [0, 0.1) is 20.8 Å². The maximum Gasteiger partial charge on any atom is 0.200 e. The Kier molecular flexibility index (Phi) is 5.10. The molecule has 5 rings (SSSR count). The highest BCUT2D eigenvalue weighted by Crippen LogP contribution is 2.38. The van der Waals surface area contributed by atoms with E-state index in [9.17, 15) is 4.79 Å². The summed E-state index contributed by atoms with van der Waals surface area (Å²) in [5, 5.41) is 0.532. The van der Waals surface area contributed by atoms with E-state index in [2.05, 4.69) is 0 Å². The Balaban J connectivity index is 1.58. The summed E-state index contributed by atoms with van der Waals surface area (Å²) in [6.45, 7) is 7.17. The minimum Gasteiger partial charge on any atom is -0.488 e. The highest BCUT2D eigenvalue weighted by atomic mass is 16.6. The van der Waals surface area contributed by atoms with Crippen LogP contribution >= 0.6 is 0 Å². The molecule has 5 nitrogen and oxygen atoms in total. The molecule has 0 saturated heterocycles. The van der Waals surface area contributed by atoms with Crippen molar-refractivity contribution in [2.24, 2.45) is 0 Å². The largest absolute Gasteiger partial charge is 0.488 e. The van der Waals surface area contributed by atoms with E-state index >= 15 is 0 Å². The Hall–Kier alpha value is -3.73. The van der Waals surface area contributed by atoms with E-state index in [0.717, 1.165) is 22.3 Å². The molecule has 1 aliphatic rings. The van der Waals surface area contributed by atoms with Crippen molar-refractivity contribution in [3.8, 4) is 28.4 Å². The summed E-state index contributed by atoms with van der Waals surface area (Å²) in [6, 6.07) is 17.4. The van der Waals surface area contributed by atoms with E-state index in [1.807, 2.05) is 69.3 Å². The van der Waals surface area contributed by atoms with Crippen LogP contribution in [0.4, 0.5) is 0 Å². The first-order chi connectivity index (χ1) is 15.5. The predicted molar refractivity (Wildman–Crippen MR) is 124 cm³/mol. The molecule has 4 aromatic rings. The maximum absolute atomic E-state index is 13.5. The first-order valence-corrected chi connectivity index (χ1v) is 10.7. The van der Waals surface area contributed by atoms with Crippen molar-refractivity contribution in [3.63, 3.8) is 0 Å². The van der Waals surface area contributed by atoms with Gasteiger partial charge in [0, 0.05) is 5.56 Å². The van der Waals surface area contributed by atoms with Crippen molar-refractivity contribution in [1.29, 1.82) is 0 Å². The number of hydrogen-bond donors (Lipinski definition) is 0. The lowest BCUT2D eigenvalue weighted by Crippen LogP contribution is -2.16. The molecular formula is C27H24O5. The van der Waals surface area contributed by atoms with Crippen LogP contribution in [0.25, 0.3) is 22.1 Å². The number of rotatable bonds is 4. The zero-order valence-electron chi connectivity index (χ0n) is 18.4. The van der Waals surface area contributed by atoms with E-state index in [1.54, 1.807) is 6.07 Å². The van der Waals surface area contributed by atoms with Gasteiger partial charge in [0.1, 0.15) is 36.9 Å². The van der Waals surface area contributed by atoms with Crippen molar-refractivity contribution >= 4 is 11.0 Å². The Labute approximate surface area is 186 Å². The Morgan fingerprint density at radius 3 is 2.38 bits per heavy atom. The first kappa shape index (κ1) is 20.2. The van der Waals surface area contributed by atoms with Crippen LogP contribution in [0.2, 0.25) is 0 Å². The molecule has 1 aromatic heterocycles. The molecule has 1 aliphatic heterocycles. The number of benzene rings is 3. The van der Waals surface area contributed by atoms with Crippen molar-refractivity contribution in [3.05, 3.63) is 87.3 Å². The third-order valence-electron chi connectivity index (χ3n) is 5.83. The van der Waals surface area contributed by atoms with E-state index in [4.69, 9.17) is 18.6 Å². The van der Waals surface area contributed by atoms with E-state index in [-0.39, 0.29) is 5.43 Å². The molecule has 3 aromatic carbocycles. The Morgan fingerprint density at radius 1 is 0.906 bits per heavy atom. The van der Waals surface area contributed by atoms with Gasteiger partial charge < -0.3 is 18.6 Å². The molecule has 0 amide bonds. The fourth-order valence-electron chi connectivity index (χ4n) is 4.15. The molecule has 0 spiro atoms. The van der Waals surface area contributed by atoms with Gasteiger partial charge in [-0.25, -0.2) is 0 Å². The molecule has 162 valence electrons. The van der Waals surface area contributed by atoms with Crippen LogP contribution in [-0.2, 0) is 6.61 Å². The van der Waals surface area contributed by atoms with Crippen molar-refractivity contribution < 1.29 is 18.6 Å². The van der Waals surface area contributed by atoms with Gasteiger partial charge in [0.25, 0.3) is 0 Å². The second-order valence-corrected chi connectivity index (χ2v) is 8.01. The van der Waals surface area contributed by atoms with Gasteiger partial charge >= 0.3 is 0 Å². The normalized spacial score (nSPS) is 12.7. The minimum absolute atomic E-state index is 0.0683. The molecule has 0 saturated carbocycles. The molecular weight excluding hydrogens is 404 g/mol. The fraction of sp³-hybridized carbons (Fsp3) is 0.222. The van der Waals surface area contributed by atoms with Gasteiger partial charge in [-0.05, 0) is 61.7 Å². The third kappa shape index (κ3) is 3.50. The van der Waals surface area contributed by atoms with Gasteiger partial charge in [0.15, 0.2) is 11.5 Å². The second kappa shape index (κ2) is 8.08. The van der Waals surface area contributed by atoms with Crippen LogP contribution in [0.5, 0.6) is 17.2 Å². The fourth-order valence-corrected chi connectivity index (χ4v) is 4.15. The lowest BCUT2D eigenvalue weighted by atomic mass is 9.97. The van der Waals surface area contributed by atoms with Gasteiger partial charge in [0.05, 0.1) is 10.9 Å². The van der Waals surface area contributed by atoms with Crippen molar-refractivity contribution in [2.75, 3.05) is 13.2 Å². The summed E-state index contributed by atoms with van der Waals surface area (Å²) in [5.74, 6) is 2.62. The van der Waals surface area contributed by atoms with E-state index in [0.29, 0.717) is 59.4 Å².